The molecule has 0 bridgehead atoms. The molecule has 152 valence electrons. The van der Waals surface area contributed by atoms with Crippen LogP contribution in [0.3, 0.4) is 0 Å². The number of hydrogen-bond donors (Lipinski definition) is 2. The Morgan fingerprint density at radius 3 is 2.52 bits per heavy atom. The van der Waals surface area contributed by atoms with Crippen LogP contribution in [0.15, 0.2) is 42.6 Å². The number of piperidine rings is 1. The first-order valence-corrected chi connectivity index (χ1v) is 10.2. The summed E-state index contributed by atoms with van der Waals surface area (Å²) < 4.78 is 0. The highest BCUT2D eigenvalue weighted by molar-refractivity contribution is 6.02. The highest BCUT2D eigenvalue weighted by Crippen LogP contribution is 2.25. The highest BCUT2D eigenvalue weighted by atomic mass is 16.3. The Kier molecular flexibility index (Phi) is 5.64. The molecule has 1 atom stereocenters. The minimum absolute atomic E-state index is 0.0708. The summed E-state index contributed by atoms with van der Waals surface area (Å²) in [4.78, 5) is 33.9. The average Bonchev–Trinajstić information content (AvgIpc) is 3.25. The molecule has 0 unspecified atom stereocenters. The number of nitrogens with one attached hydrogen (secondary N) is 1. The van der Waals surface area contributed by atoms with Crippen LogP contribution >= 0.6 is 0 Å². The van der Waals surface area contributed by atoms with Gasteiger partial charge in [0.25, 0.3) is 5.91 Å². The number of benzene rings is 1. The van der Waals surface area contributed by atoms with E-state index >= 15 is 0 Å². The van der Waals surface area contributed by atoms with Crippen LogP contribution in [0, 0.1) is 0 Å². The van der Waals surface area contributed by atoms with Gasteiger partial charge in [0.2, 0.25) is 5.91 Å². The summed E-state index contributed by atoms with van der Waals surface area (Å²) in [6.07, 6.45) is 6.80. The van der Waals surface area contributed by atoms with E-state index in [1.807, 2.05) is 12.1 Å². The zero-order valence-corrected chi connectivity index (χ0v) is 16.4. The first-order valence-electron chi connectivity index (χ1n) is 10.2. The Morgan fingerprint density at radius 2 is 1.79 bits per heavy atom. The van der Waals surface area contributed by atoms with Gasteiger partial charge in [0, 0.05) is 19.6 Å². The number of pyridine rings is 1. The number of aromatic hydroxyl groups is 1. The lowest BCUT2D eigenvalue weighted by Crippen LogP contribution is -2.43. The van der Waals surface area contributed by atoms with E-state index in [2.05, 4.69) is 15.2 Å². The van der Waals surface area contributed by atoms with E-state index in [-0.39, 0.29) is 23.1 Å². The lowest BCUT2D eigenvalue weighted by atomic mass is 10.1. The molecule has 4 rings (SSSR count). The molecule has 3 heterocycles. The standard InChI is InChI=1S/C22H26N4O3/c27-19-9-3-2-7-17(19)22(29)26-14-6-8-18(26)21(28)24-20-11-10-16(15-23-20)25-12-4-1-5-13-25/h2-3,7,9-11,15,18,27H,1,4-6,8,12-14H2,(H,23,24,28)/t18-/m1/s1. The fraction of sp³-hybridized carbons (Fsp3) is 0.409. The van der Waals surface area contributed by atoms with Crippen LogP contribution in [0.25, 0.3) is 0 Å². The summed E-state index contributed by atoms with van der Waals surface area (Å²) in [5.74, 6) is -0.158. The zero-order valence-electron chi connectivity index (χ0n) is 16.4. The number of likely N-dealkylation sites (tertiary alicyclic amines) is 1. The fourth-order valence-corrected chi connectivity index (χ4v) is 4.10. The highest BCUT2D eigenvalue weighted by Gasteiger charge is 2.35. The van der Waals surface area contributed by atoms with Crippen LogP contribution in [0.5, 0.6) is 5.75 Å². The van der Waals surface area contributed by atoms with Gasteiger partial charge in [-0.25, -0.2) is 4.98 Å². The first kappa shape index (κ1) is 19.2. The molecule has 0 saturated carbocycles. The number of nitrogens with zero attached hydrogens (tertiary/aromatic N) is 3. The molecule has 0 spiro atoms. The molecule has 7 heteroatoms. The van der Waals surface area contributed by atoms with Crippen molar-refractivity contribution in [2.75, 3.05) is 29.9 Å². The van der Waals surface area contributed by atoms with Crippen molar-refractivity contribution < 1.29 is 14.7 Å². The third kappa shape index (κ3) is 4.18. The van der Waals surface area contributed by atoms with Crippen molar-refractivity contribution in [3.8, 4) is 5.75 Å². The second-order valence-electron chi connectivity index (χ2n) is 7.61. The molecule has 2 N–H and O–H groups in total. The minimum atomic E-state index is -0.564. The first-order chi connectivity index (χ1) is 14.1. The van der Waals surface area contributed by atoms with Crippen molar-refractivity contribution in [1.82, 2.24) is 9.88 Å². The van der Waals surface area contributed by atoms with Gasteiger partial charge in [-0.3, -0.25) is 9.59 Å². The minimum Gasteiger partial charge on any atom is -0.507 e. The molecule has 2 aromatic rings. The van der Waals surface area contributed by atoms with Crippen molar-refractivity contribution in [2.45, 2.75) is 38.1 Å². The van der Waals surface area contributed by atoms with Gasteiger partial charge < -0.3 is 20.2 Å². The summed E-state index contributed by atoms with van der Waals surface area (Å²) in [6.45, 7) is 2.57. The number of rotatable bonds is 4. The maximum absolute atomic E-state index is 12.8. The predicted molar refractivity (Wildman–Crippen MR) is 111 cm³/mol. The number of hydrogen-bond acceptors (Lipinski definition) is 5. The summed E-state index contributed by atoms with van der Waals surface area (Å²) in [5.41, 5.74) is 1.29. The van der Waals surface area contributed by atoms with Crippen molar-refractivity contribution >= 4 is 23.3 Å². The van der Waals surface area contributed by atoms with Gasteiger partial charge in [0.05, 0.1) is 17.4 Å². The second kappa shape index (κ2) is 8.51. The van der Waals surface area contributed by atoms with E-state index in [0.29, 0.717) is 18.8 Å². The van der Waals surface area contributed by atoms with Crippen LogP contribution in [0.1, 0.15) is 42.5 Å². The number of aromatic nitrogens is 1. The van der Waals surface area contributed by atoms with E-state index in [0.717, 1.165) is 25.2 Å². The molecule has 1 aromatic carbocycles. The number of anilines is 2. The number of phenolic OH excluding ortho intramolecular Hbond substituents is 1. The van der Waals surface area contributed by atoms with E-state index < -0.39 is 6.04 Å². The number of amides is 2. The third-order valence-corrected chi connectivity index (χ3v) is 5.67. The lowest BCUT2D eigenvalue weighted by molar-refractivity contribution is -0.119. The molecule has 29 heavy (non-hydrogen) atoms. The maximum Gasteiger partial charge on any atom is 0.258 e. The summed E-state index contributed by atoms with van der Waals surface area (Å²) in [5, 5.41) is 12.8. The van der Waals surface area contributed by atoms with Gasteiger partial charge in [-0.2, -0.15) is 0 Å². The zero-order chi connectivity index (χ0) is 20.2. The van der Waals surface area contributed by atoms with Gasteiger partial charge in [0.15, 0.2) is 0 Å². The molecule has 2 amide bonds. The van der Waals surface area contributed by atoms with Gasteiger partial charge in [0.1, 0.15) is 17.6 Å². The molecule has 7 nitrogen and oxygen atoms in total. The average molecular weight is 394 g/mol. The van der Waals surface area contributed by atoms with Crippen LogP contribution in [0.4, 0.5) is 11.5 Å². The van der Waals surface area contributed by atoms with Crippen LogP contribution in [-0.4, -0.2) is 52.5 Å². The van der Waals surface area contributed by atoms with Gasteiger partial charge in [-0.1, -0.05) is 12.1 Å². The molecule has 0 aliphatic carbocycles. The Morgan fingerprint density at radius 1 is 1.00 bits per heavy atom. The monoisotopic (exact) mass is 394 g/mol. The Labute approximate surface area is 170 Å². The fourth-order valence-electron chi connectivity index (χ4n) is 4.10. The molecule has 2 aliphatic heterocycles. The Hall–Kier alpha value is -3.09. The normalized spacial score (nSPS) is 19.2. The smallest absolute Gasteiger partial charge is 0.258 e. The van der Waals surface area contributed by atoms with Crippen molar-refractivity contribution in [1.29, 1.82) is 0 Å². The van der Waals surface area contributed by atoms with Crippen LogP contribution in [-0.2, 0) is 4.79 Å². The van der Waals surface area contributed by atoms with Crippen molar-refractivity contribution in [2.24, 2.45) is 0 Å². The van der Waals surface area contributed by atoms with E-state index in [9.17, 15) is 14.7 Å². The molecular formula is C22H26N4O3. The molecule has 1 aromatic heterocycles. The summed E-state index contributed by atoms with van der Waals surface area (Å²) >= 11 is 0. The topological polar surface area (TPSA) is 85.8 Å². The van der Waals surface area contributed by atoms with E-state index in [1.165, 1.54) is 30.2 Å². The summed E-state index contributed by atoms with van der Waals surface area (Å²) in [7, 11) is 0. The van der Waals surface area contributed by atoms with Crippen LogP contribution in [0.2, 0.25) is 0 Å². The molecule has 2 saturated heterocycles. The third-order valence-electron chi connectivity index (χ3n) is 5.67. The van der Waals surface area contributed by atoms with Gasteiger partial charge >= 0.3 is 0 Å². The van der Waals surface area contributed by atoms with Crippen LogP contribution < -0.4 is 10.2 Å². The molecule has 0 radical (unpaired) electrons. The Bertz CT molecular complexity index is 878. The molecule has 2 aliphatic rings. The molecule has 2 fully saturated rings. The number of carbonyl (C=O) groups is 2. The SMILES string of the molecule is O=C(Nc1ccc(N2CCCCC2)cn1)[C@H]1CCCN1C(=O)c1ccccc1O. The van der Waals surface area contributed by atoms with E-state index in [4.69, 9.17) is 0 Å². The van der Waals surface area contributed by atoms with Crippen molar-refractivity contribution in [3.63, 3.8) is 0 Å². The second-order valence-corrected chi connectivity index (χ2v) is 7.61. The number of para-hydroxylation sites is 1. The number of phenols is 1. The van der Waals surface area contributed by atoms with E-state index in [1.54, 1.807) is 24.4 Å². The number of carbonyl (C=O) groups excluding carboxylic acids is 2. The predicted octanol–water partition coefficient (Wildman–Crippen LogP) is 3.02. The quantitative estimate of drug-likeness (QED) is 0.833. The van der Waals surface area contributed by atoms with Gasteiger partial charge in [-0.05, 0) is 56.4 Å². The van der Waals surface area contributed by atoms with Crippen molar-refractivity contribution in [3.05, 3.63) is 48.2 Å². The lowest BCUT2D eigenvalue weighted by Gasteiger charge is -2.28. The Balaban J connectivity index is 1.42. The largest absolute Gasteiger partial charge is 0.507 e. The summed E-state index contributed by atoms with van der Waals surface area (Å²) in [6, 6.07) is 9.65. The molecular weight excluding hydrogens is 368 g/mol. The van der Waals surface area contributed by atoms with Gasteiger partial charge in [-0.15, -0.1) is 0 Å². The maximum atomic E-state index is 12.8.